The molecule has 2 heterocycles. The van der Waals surface area contributed by atoms with Crippen LogP contribution in [-0.4, -0.2) is 28.8 Å². The standard InChI is InChI=1S/C30H28Cl2N6O3/c1-16-5-4-6-21(34)27(16)36-30-35-15-18-13-20(24-25(31)22(40-2)14-23(41-3)26(24)32)29(39)38(28(18)37-30)12-11-17-7-9-19(33)10-8-17/h4-10,13-15H,11-12,33-34H2,1-3H3,(H,35,36,37). The highest BCUT2D eigenvalue weighted by Gasteiger charge is 2.23. The van der Waals surface area contributed by atoms with Crippen LogP contribution in [0.1, 0.15) is 11.1 Å². The van der Waals surface area contributed by atoms with E-state index in [4.69, 9.17) is 49.1 Å². The van der Waals surface area contributed by atoms with Crippen LogP contribution < -0.4 is 31.8 Å². The number of para-hydroxylation sites is 1. The number of methoxy groups -OCH3 is 2. The number of fused-ring (bicyclic) bond motifs is 1. The molecule has 0 saturated carbocycles. The normalized spacial score (nSPS) is 11.0. The first-order chi connectivity index (χ1) is 19.7. The van der Waals surface area contributed by atoms with Crippen LogP contribution >= 0.6 is 23.2 Å². The number of nitrogens with zero attached hydrogens (tertiary/aromatic N) is 3. The first-order valence-corrected chi connectivity index (χ1v) is 13.4. The number of aryl methyl sites for hydroxylation is 3. The van der Waals surface area contributed by atoms with Gasteiger partial charge in [0.15, 0.2) is 0 Å². The maximum absolute atomic E-state index is 14.2. The molecule has 210 valence electrons. The van der Waals surface area contributed by atoms with Gasteiger partial charge in [-0.3, -0.25) is 9.36 Å². The van der Waals surface area contributed by atoms with Gasteiger partial charge in [0.1, 0.15) is 17.1 Å². The van der Waals surface area contributed by atoms with Crippen LogP contribution in [0.15, 0.2) is 65.6 Å². The average Bonchev–Trinajstić information content (AvgIpc) is 2.96. The van der Waals surface area contributed by atoms with Crippen molar-refractivity contribution in [1.29, 1.82) is 0 Å². The van der Waals surface area contributed by atoms with Crippen molar-refractivity contribution in [2.24, 2.45) is 0 Å². The highest BCUT2D eigenvalue weighted by molar-refractivity contribution is 6.41. The number of hydrogen-bond donors (Lipinski definition) is 3. The summed E-state index contributed by atoms with van der Waals surface area (Å²) >= 11 is 13.4. The zero-order chi connectivity index (χ0) is 29.3. The van der Waals surface area contributed by atoms with E-state index in [-0.39, 0.29) is 21.2 Å². The Balaban J connectivity index is 1.70. The van der Waals surface area contributed by atoms with Crippen LogP contribution in [0.25, 0.3) is 22.2 Å². The highest BCUT2D eigenvalue weighted by Crippen LogP contribution is 2.45. The zero-order valence-corrected chi connectivity index (χ0v) is 24.2. The molecule has 3 aromatic carbocycles. The molecule has 0 aliphatic carbocycles. The lowest BCUT2D eigenvalue weighted by Gasteiger charge is -2.17. The topological polar surface area (TPSA) is 130 Å². The van der Waals surface area contributed by atoms with Crippen molar-refractivity contribution in [3.8, 4) is 22.6 Å². The molecule has 5 N–H and O–H groups in total. The number of halogens is 2. The number of nitrogens with one attached hydrogen (secondary N) is 1. The van der Waals surface area contributed by atoms with Crippen molar-refractivity contribution in [2.45, 2.75) is 19.9 Å². The van der Waals surface area contributed by atoms with Gasteiger partial charge in [0.2, 0.25) is 5.95 Å². The van der Waals surface area contributed by atoms with Crippen molar-refractivity contribution < 1.29 is 9.47 Å². The Morgan fingerprint density at radius 2 is 1.66 bits per heavy atom. The molecular weight excluding hydrogens is 563 g/mol. The molecule has 0 radical (unpaired) electrons. The molecule has 9 nitrogen and oxygen atoms in total. The summed E-state index contributed by atoms with van der Waals surface area (Å²) in [6, 6.07) is 16.4. The van der Waals surface area contributed by atoms with E-state index in [1.54, 1.807) is 29.0 Å². The van der Waals surface area contributed by atoms with E-state index in [2.05, 4.69) is 10.3 Å². The molecule has 0 spiro atoms. The quantitative estimate of drug-likeness (QED) is 0.181. The minimum absolute atomic E-state index is 0.189. The van der Waals surface area contributed by atoms with Crippen LogP contribution in [0.5, 0.6) is 11.5 Å². The van der Waals surface area contributed by atoms with Crippen LogP contribution in [0.4, 0.5) is 23.0 Å². The van der Waals surface area contributed by atoms with Gasteiger partial charge in [-0.05, 0) is 48.7 Å². The lowest BCUT2D eigenvalue weighted by atomic mass is 10.0. The molecule has 0 unspecified atom stereocenters. The summed E-state index contributed by atoms with van der Waals surface area (Å²) in [6.07, 6.45) is 2.18. The first-order valence-electron chi connectivity index (χ1n) is 12.7. The maximum Gasteiger partial charge on any atom is 0.260 e. The van der Waals surface area contributed by atoms with Crippen LogP contribution in [-0.2, 0) is 13.0 Å². The summed E-state index contributed by atoms with van der Waals surface area (Å²) in [5, 5.41) is 4.19. The van der Waals surface area contributed by atoms with E-state index in [1.807, 2.05) is 43.3 Å². The largest absolute Gasteiger partial charge is 0.495 e. The Labute approximate surface area is 246 Å². The minimum atomic E-state index is -0.341. The zero-order valence-electron chi connectivity index (χ0n) is 22.7. The van der Waals surface area contributed by atoms with E-state index in [9.17, 15) is 4.79 Å². The molecule has 0 atom stereocenters. The monoisotopic (exact) mass is 590 g/mol. The van der Waals surface area contributed by atoms with Crippen molar-refractivity contribution >= 4 is 57.2 Å². The third-order valence-electron chi connectivity index (χ3n) is 6.82. The van der Waals surface area contributed by atoms with E-state index in [0.717, 1.165) is 11.1 Å². The van der Waals surface area contributed by atoms with Crippen molar-refractivity contribution in [1.82, 2.24) is 14.5 Å². The lowest BCUT2D eigenvalue weighted by Crippen LogP contribution is -2.24. The molecule has 2 aromatic heterocycles. The molecular formula is C30H28Cl2N6O3. The summed E-state index contributed by atoms with van der Waals surface area (Å²) in [4.78, 5) is 23.4. The van der Waals surface area contributed by atoms with Gasteiger partial charge in [-0.2, -0.15) is 4.98 Å². The van der Waals surface area contributed by atoms with Crippen molar-refractivity contribution in [3.63, 3.8) is 0 Å². The number of pyridine rings is 1. The summed E-state index contributed by atoms with van der Waals surface area (Å²) in [6.45, 7) is 2.25. The van der Waals surface area contributed by atoms with E-state index in [0.29, 0.717) is 64.1 Å². The predicted octanol–water partition coefficient (Wildman–Crippen LogP) is 6.24. The second kappa shape index (κ2) is 11.6. The minimum Gasteiger partial charge on any atom is -0.495 e. The second-order valence-corrected chi connectivity index (χ2v) is 10.2. The van der Waals surface area contributed by atoms with Crippen molar-refractivity contribution in [2.75, 3.05) is 31.0 Å². The van der Waals surface area contributed by atoms with E-state index in [1.165, 1.54) is 14.2 Å². The number of benzene rings is 3. The maximum atomic E-state index is 14.2. The number of hydrogen-bond acceptors (Lipinski definition) is 8. The summed E-state index contributed by atoms with van der Waals surface area (Å²) in [5.41, 5.74) is 16.5. The molecule has 11 heteroatoms. The summed E-state index contributed by atoms with van der Waals surface area (Å²) < 4.78 is 12.5. The Hall–Kier alpha value is -4.47. The average molecular weight is 591 g/mol. The Bertz CT molecular complexity index is 1770. The van der Waals surface area contributed by atoms with Gasteiger partial charge in [0.25, 0.3) is 5.56 Å². The third-order valence-corrected chi connectivity index (χ3v) is 7.57. The molecule has 0 bridgehead atoms. The number of ether oxygens (including phenoxy) is 2. The molecule has 0 aliphatic rings. The molecule has 5 rings (SSSR count). The second-order valence-electron chi connectivity index (χ2n) is 9.43. The van der Waals surface area contributed by atoms with E-state index >= 15 is 0 Å². The predicted molar refractivity (Wildman–Crippen MR) is 166 cm³/mol. The fraction of sp³-hybridized carbons (Fsp3) is 0.167. The number of nitrogen functional groups attached to an aromatic ring is 2. The molecule has 41 heavy (non-hydrogen) atoms. The smallest absolute Gasteiger partial charge is 0.260 e. The highest BCUT2D eigenvalue weighted by atomic mass is 35.5. The number of aromatic nitrogens is 3. The van der Waals surface area contributed by atoms with Gasteiger partial charge < -0.3 is 26.3 Å². The van der Waals surface area contributed by atoms with Gasteiger partial charge in [-0.25, -0.2) is 4.98 Å². The SMILES string of the molecule is COc1cc(OC)c(Cl)c(-c2cc3cnc(Nc4c(C)cccc4N)nc3n(CCc3ccc(N)cc3)c2=O)c1Cl. The Kier molecular flexibility index (Phi) is 7.92. The van der Waals surface area contributed by atoms with Gasteiger partial charge >= 0.3 is 0 Å². The van der Waals surface area contributed by atoms with Gasteiger partial charge in [0, 0.05) is 35.4 Å². The Morgan fingerprint density at radius 3 is 2.29 bits per heavy atom. The van der Waals surface area contributed by atoms with Crippen LogP contribution in [0, 0.1) is 6.92 Å². The molecule has 5 aromatic rings. The lowest BCUT2D eigenvalue weighted by molar-refractivity contribution is 0.395. The number of rotatable bonds is 8. The van der Waals surface area contributed by atoms with Crippen molar-refractivity contribution in [3.05, 3.63) is 92.3 Å². The summed E-state index contributed by atoms with van der Waals surface area (Å²) in [7, 11) is 2.96. The molecule has 0 fully saturated rings. The Morgan fingerprint density at radius 1 is 0.976 bits per heavy atom. The van der Waals surface area contributed by atoms with Gasteiger partial charge in [-0.15, -0.1) is 0 Å². The summed E-state index contributed by atoms with van der Waals surface area (Å²) in [5.74, 6) is 0.941. The van der Waals surface area contributed by atoms with Crippen LogP contribution in [0.2, 0.25) is 10.0 Å². The molecule has 0 amide bonds. The van der Waals surface area contributed by atoms with E-state index < -0.39 is 0 Å². The number of nitrogens with two attached hydrogens (primary N) is 2. The fourth-order valence-corrected chi connectivity index (χ4v) is 5.33. The molecule has 0 saturated heterocycles. The fourth-order valence-electron chi connectivity index (χ4n) is 4.63. The van der Waals surface area contributed by atoms with Crippen LogP contribution in [0.3, 0.4) is 0 Å². The molecule has 0 aliphatic heterocycles. The first kappa shape index (κ1) is 28.1. The van der Waals surface area contributed by atoms with Gasteiger partial charge in [-0.1, -0.05) is 47.5 Å². The number of anilines is 4. The third kappa shape index (κ3) is 5.46. The van der Waals surface area contributed by atoms with Gasteiger partial charge in [0.05, 0.1) is 41.2 Å².